The molecule has 0 spiro atoms. The number of aromatic nitrogens is 2. The van der Waals surface area contributed by atoms with Gasteiger partial charge >= 0.3 is 12.2 Å². The highest BCUT2D eigenvalue weighted by Gasteiger charge is 2.33. The van der Waals surface area contributed by atoms with E-state index in [2.05, 4.69) is 15.3 Å². The molecule has 3 rings (SSSR count). The molecule has 1 fully saturated rings. The molecule has 1 aliphatic rings. The topological polar surface area (TPSA) is 50.3 Å². The van der Waals surface area contributed by atoms with Gasteiger partial charge in [-0.25, -0.2) is 9.37 Å². The van der Waals surface area contributed by atoms with Crippen molar-refractivity contribution in [3.8, 4) is 11.8 Å². The highest BCUT2D eigenvalue weighted by molar-refractivity contribution is 5.51. The van der Waals surface area contributed by atoms with Crippen molar-refractivity contribution in [3.63, 3.8) is 0 Å². The molecule has 1 N–H and O–H groups in total. The fourth-order valence-electron chi connectivity index (χ4n) is 2.37. The summed E-state index contributed by atoms with van der Waals surface area (Å²) in [6.45, 7) is 2.87. The van der Waals surface area contributed by atoms with Crippen LogP contribution in [0.3, 0.4) is 0 Å². The van der Waals surface area contributed by atoms with Crippen LogP contribution in [-0.2, 0) is 6.18 Å². The molecule has 9 heteroatoms. The van der Waals surface area contributed by atoms with Gasteiger partial charge in [0.2, 0.25) is 0 Å². The summed E-state index contributed by atoms with van der Waals surface area (Å²) in [4.78, 5) is 8.78. The van der Waals surface area contributed by atoms with Crippen molar-refractivity contribution in [2.75, 3.05) is 31.1 Å². The first-order valence-electron chi connectivity index (χ1n) is 7.27. The zero-order valence-corrected chi connectivity index (χ0v) is 12.5. The minimum Gasteiger partial charge on any atom is -0.424 e. The number of alkyl halides is 3. The van der Waals surface area contributed by atoms with Crippen LogP contribution in [-0.4, -0.2) is 36.1 Å². The van der Waals surface area contributed by atoms with E-state index >= 15 is 0 Å². The van der Waals surface area contributed by atoms with Gasteiger partial charge in [0.05, 0.1) is 5.69 Å². The van der Waals surface area contributed by atoms with Gasteiger partial charge in [0, 0.05) is 38.4 Å². The number of hydrogen-bond donors (Lipinski definition) is 1. The lowest BCUT2D eigenvalue weighted by Crippen LogP contribution is -2.43. The molecule has 2 heterocycles. The second-order valence-corrected chi connectivity index (χ2v) is 5.17. The maximum absolute atomic E-state index is 14.2. The average molecular weight is 342 g/mol. The summed E-state index contributed by atoms with van der Waals surface area (Å²) < 4.78 is 57.2. The van der Waals surface area contributed by atoms with Crippen molar-refractivity contribution in [2.45, 2.75) is 6.18 Å². The number of nitrogens with one attached hydrogen (secondary N) is 1. The van der Waals surface area contributed by atoms with Crippen molar-refractivity contribution in [3.05, 3.63) is 42.0 Å². The molecule has 128 valence electrons. The molecule has 0 radical (unpaired) electrons. The summed E-state index contributed by atoms with van der Waals surface area (Å²) in [6, 6.07) is 4.37. The van der Waals surface area contributed by atoms with Gasteiger partial charge in [-0.3, -0.25) is 0 Å². The molecule has 0 amide bonds. The predicted octanol–water partition coefficient (Wildman–Crippen LogP) is 2.84. The Hall–Kier alpha value is -2.42. The van der Waals surface area contributed by atoms with E-state index in [4.69, 9.17) is 4.74 Å². The van der Waals surface area contributed by atoms with E-state index in [1.807, 2.05) is 4.90 Å². The van der Waals surface area contributed by atoms with E-state index in [1.165, 1.54) is 12.1 Å². The minimum atomic E-state index is -4.60. The number of hydrogen-bond acceptors (Lipinski definition) is 5. The van der Waals surface area contributed by atoms with Crippen LogP contribution in [0, 0.1) is 5.82 Å². The van der Waals surface area contributed by atoms with E-state index in [0.29, 0.717) is 18.8 Å². The molecule has 0 saturated carbocycles. The lowest BCUT2D eigenvalue weighted by Gasteiger charge is -2.29. The van der Waals surface area contributed by atoms with Gasteiger partial charge in [-0.1, -0.05) is 0 Å². The molecule has 0 unspecified atom stereocenters. The van der Waals surface area contributed by atoms with Crippen LogP contribution in [0.15, 0.2) is 30.5 Å². The quantitative estimate of drug-likeness (QED) is 0.870. The summed E-state index contributed by atoms with van der Waals surface area (Å²) in [5, 5.41) is 3.17. The summed E-state index contributed by atoms with van der Waals surface area (Å²) in [7, 11) is 0. The molecule has 2 aromatic rings. The Morgan fingerprint density at radius 3 is 2.54 bits per heavy atom. The minimum absolute atomic E-state index is 0.0331. The second kappa shape index (κ2) is 6.60. The molecule has 1 aliphatic heterocycles. The van der Waals surface area contributed by atoms with E-state index < -0.39 is 23.7 Å². The number of rotatable bonds is 3. The van der Waals surface area contributed by atoms with Crippen LogP contribution < -0.4 is 15.0 Å². The molecule has 1 saturated heterocycles. The number of benzene rings is 1. The molecule has 1 aromatic carbocycles. The SMILES string of the molecule is Fc1cc(Oc2nccc(C(F)(F)F)n2)ccc1N1CCNCC1. The number of piperazine rings is 1. The summed E-state index contributed by atoms with van der Waals surface area (Å²) in [5.41, 5.74) is -0.695. The molecule has 5 nitrogen and oxygen atoms in total. The van der Waals surface area contributed by atoms with Crippen LogP contribution in [0.4, 0.5) is 23.2 Å². The number of nitrogens with zero attached hydrogens (tertiary/aromatic N) is 3. The lowest BCUT2D eigenvalue weighted by molar-refractivity contribution is -0.141. The lowest BCUT2D eigenvalue weighted by atomic mass is 10.2. The molecular weight excluding hydrogens is 328 g/mol. The van der Waals surface area contributed by atoms with Crippen molar-refractivity contribution >= 4 is 5.69 Å². The van der Waals surface area contributed by atoms with Gasteiger partial charge in [-0.05, 0) is 18.2 Å². The Morgan fingerprint density at radius 1 is 1.12 bits per heavy atom. The summed E-state index contributed by atoms with van der Waals surface area (Å²) in [6.07, 6.45) is -3.66. The zero-order chi connectivity index (χ0) is 17.2. The van der Waals surface area contributed by atoms with Crippen LogP contribution in [0.2, 0.25) is 0 Å². The molecule has 0 aliphatic carbocycles. The van der Waals surface area contributed by atoms with Gasteiger partial charge in [0.15, 0.2) is 5.69 Å². The smallest absolute Gasteiger partial charge is 0.424 e. The standard InChI is InChI=1S/C15H14F4N4O/c16-11-9-10(1-2-12(11)23-7-5-20-6-8-23)24-14-21-4-3-13(22-14)15(17,18)19/h1-4,9,20H,5-8H2. The Morgan fingerprint density at radius 2 is 1.88 bits per heavy atom. The maximum Gasteiger partial charge on any atom is 0.433 e. The first-order chi connectivity index (χ1) is 11.4. The van der Waals surface area contributed by atoms with Crippen LogP contribution in [0.5, 0.6) is 11.8 Å². The Balaban J connectivity index is 1.77. The monoisotopic (exact) mass is 342 g/mol. The van der Waals surface area contributed by atoms with E-state index in [9.17, 15) is 17.6 Å². The predicted molar refractivity (Wildman–Crippen MR) is 78.6 cm³/mol. The fraction of sp³-hybridized carbons (Fsp3) is 0.333. The normalized spacial score (nSPS) is 15.4. The largest absolute Gasteiger partial charge is 0.433 e. The Labute approximate surface area is 135 Å². The first kappa shape index (κ1) is 16.4. The summed E-state index contributed by atoms with van der Waals surface area (Å²) >= 11 is 0. The van der Waals surface area contributed by atoms with Crippen molar-refractivity contribution in [1.29, 1.82) is 0 Å². The van der Waals surface area contributed by atoms with Gasteiger partial charge in [-0.2, -0.15) is 18.2 Å². The van der Waals surface area contributed by atoms with E-state index in [-0.39, 0.29) is 5.75 Å². The molecule has 0 bridgehead atoms. The molecular formula is C15H14F4N4O. The highest BCUT2D eigenvalue weighted by atomic mass is 19.4. The van der Waals surface area contributed by atoms with Crippen molar-refractivity contribution in [2.24, 2.45) is 0 Å². The van der Waals surface area contributed by atoms with Gasteiger partial charge in [0.1, 0.15) is 11.6 Å². The molecule has 24 heavy (non-hydrogen) atoms. The number of anilines is 1. The Kier molecular flexibility index (Phi) is 4.52. The number of ether oxygens (including phenoxy) is 1. The van der Waals surface area contributed by atoms with Crippen LogP contribution in [0.1, 0.15) is 5.69 Å². The fourth-order valence-corrected chi connectivity index (χ4v) is 2.37. The van der Waals surface area contributed by atoms with Crippen molar-refractivity contribution in [1.82, 2.24) is 15.3 Å². The molecule has 0 atom stereocenters. The molecule has 1 aromatic heterocycles. The van der Waals surface area contributed by atoms with Gasteiger partial charge < -0.3 is 15.0 Å². The third kappa shape index (κ3) is 3.73. The Bertz CT molecular complexity index is 717. The van der Waals surface area contributed by atoms with Gasteiger partial charge in [0.25, 0.3) is 0 Å². The summed E-state index contributed by atoms with van der Waals surface area (Å²) in [5.74, 6) is -0.480. The average Bonchev–Trinajstić information content (AvgIpc) is 2.55. The van der Waals surface area contributed by atoms with Crippen LogP contribution in [0.25, 0.3) is 0 Å². The third-order valence-corrected chi connectivity index (χ3v) is 3.51. The van der Waals surface area contributed by atoms with Crippen LogP contribution >= 0.6 is 0 Å². The second-order valence-electron chi connectivity index (χ2n) is 5.17. The first-order valence-corrected chi connectivity index (χ1v) is 7.27. The van der Waals surface area contributed by atoms with Crippen molar-refractivity contribution < 1.29 is 22.3 Å². The van der Waals surface area contributed by atoms with E-state index in [1.54, 1.807) is 0 Å². The number of halogens is 4. The van der Waals surface area contributed by atoms with E-state index in [0.717, 1.165) is 31.4 Å². The maximum atomic E-state index is 14.2. The zero-order valence-electron chi connectivity index (χ0n) is 12.5. The third-order valence-electron chi connectivity index (χ3n) is 3.51. The van der Waals surface area contributed by atoms with Gasteiger partial charge in [-0.15, -0.1) is 0 Å². The highest BCUT2D eigenvalue weighted by Crippen LogP contribution is 2.30.